The Bertz CT molecular complexity index is 421. The van der Waals surface area contributed by atoms with Crippen molar-refractivity contribution in [1.29, 1.82) is 0 Å². The fourth-order valence-electron chi connectivity index (χ4n) is 2.84. The quantitative estimate of drug-likeness (QED) is 0.747. The number of nitrogens with one attached hydrogen (secondary N) is 1. The van der Waals surface area contributed by atoms with Gasteiger partial charge in [-0.05, 0) is 58.3 Å². The first-order valence-corrected chi connectivity index (χ1v) is 8.18. The van der Waals surface area contributed by atoms with Crippen LogP contribution in [0.1, 0.15) is 68.2 Å². The van der Waals surface area contributed by atoms with Crippen molar-refractivity contribution in [1.82, 2.24) is 5.32 Å². The third-order valence-corrected chi connectivity index (χ3v) is 5.98. The molecule has 2 aliphatic rings. The van der Waals surface area contributed by atoms with E-state index in [-0.39, 0.29) is 29.3 Å². The lowest BCUT2D eigenvalue weighted by Crippen LogP contribution is -2.52. The number of hydrogen-bond donors (Lipinski definition) is 1. The fourth-order valence-corrected chi connectivity index (χ4v) is 2.84. The van der Waals surface area contributed by atoms with Gasteiger partial charge in [0.1, 0.15) is 0 Å². The van der Waals surface area contributed by atoms with E-state index >= 15 is 0 Å². The van der Waals surface area contributed by atoms with Gasteiger partial charge in [-0.2, -0.15) is 0 Å². The molecule has 0 amide bonds. The monoisotopic (exact) mass is 293 g/mol. The van der Waals surface area contributed by atoms with Gasteiger partial charge < -0.3 is 14.6 Å². The summed E-state index contributed by atoms with van der Waals surface area (Å²) in [5.41, 5.74) is 1.13. The Hall–Kier alpha value is -0.315. The predicted molar refractivity (Wildman–Crippen MR) is 89.3 cm³/mol. The van der Waals surface area contributed by atoms with Gasteiger partial charge in [-0.3, -0.25) is 0 Å². The summed E-state index contributed by atoms with van der Waals surface area (Å²) >= 11 is 0. The van der Waals surface area contributed by atoms with Crippen LogP contribution in [-0.2, 0) is 9.31 Å². The lowest BCUT2D eigenvalue weighted by atomic mass is 9.69. The Kier molecular flexibility index (Phi) is 4.15. The van der Waals surface area contributed by atoms with Gasteiger partial charge in [-0.1, -0.05) is 26.8 Å². The van der Waals surface area contributed by atoms with Crippen LogP contribution in [0.2, 0.25) is 0 Å². The first-order valence-electron chi connectivity index (χ1n) is 8.18. The van der Waals surface area contributed by atoms with E-state index in [9.17, 15) is 0 Å². The molecule has 1 N–H and O–H groups in total. The summed E-state index contributed by atoms with van der Waals surface area (Å²) in [6.45, 7) is 18.6. The predicted octanol–water partition coefficient (Wildman–Crippen LogP) is 3.73. The summed E-state index contributed by atoms with van der Waals surface area (Å²) < 4.78 is 12.4. The van der Waals surface area contributed by atoms with Crippen LogP contribution in [-0.4, -0.2) is 30.4 Å². The highest BCUT2D eigenvalue weighted by molar-refractivity contribution is 6.54. The Morgan fingerprint density at radius 2 is 1.57 bits per heavy atom. The van der Waals surface area contributed by atoms with Gasteiger partial charge in [0.15, 0.2) is 0 Å². The van der Waals surface area contributed by atoms with Crippen molar-refractivity contribution in [3.05, 3.63) is 11.5 Å². The van der Waals surface area contributed by atoms with Crippen LogP contribution in [0.3, 0.4) is 0 Å². The van der Waals surface area contributed by atoms with Crippen molar-refractivity contribution in [2.75, 3.05) is 6.54 Å². The minimum atomic E-state index is -0.258. The Morgan fingerprint density at radius 1 is 1.05 bits per heavy atom. The van der Waals surface area contributed by atoms with E-state index in [4.69, 9.17) is 9.31 Å². The molecule has 0 aromatic carbocycles. The second-order valence-corrected chi connectivity index (χ2v) is 8.83. The molecular formula is C17H32BNO2. The van der Waals surface area contributed by atoms with Crippen LogP contribution in [0.25, 0.3) is 0 Å². The Balaban J connectivity index is 2.10. The minimum absolute atomic E-state index is 0.134. The second kappa shape index (κ2) is 5.11. The molecule has 0 radical (unpaired) electrons. The standard InChI is InChI=1S/C17H32BNO2/c1-14(2,3)17(8)11-9-13(10-12-19-17)18-20-15(4,5)16(6,7)21-18/h10,19H,9,11-12H2,1-8H3. The highest BCUT2D eigenvalue weighted by atomic mass is 16.7. The van der Waals surface area contributed by atoms with Gasteiger partial charge in [0.25, 0.3) is 0 Å². The molecule has 4 heteroatoms. The lowest BCUT2D eigenvalue weighted by molar-refractivity contribution is 0.00578. The fraction of sp³-hybridized carbons (Fsp3) is 0.882. The van der Waals surface area contributed by atoms with Gasteiger partial charge in [0, 0.05) is 12.1 Å². The van der Waals surface area contributed by atoms with E-state index in [1.807, 2.05) is 0 Å². The molecule has 0 saturated carbocycles. The third-order valence-electron chi connectivity index (χ3n) is 5.98. The Labute approximate surface area is 131 Å². The summed E-state index contributed by atoms with van der Waals surface area (Å²) in [4.78, 5) is 0. The van der Waals surface area contributed by atoms with Crippen molar-refractivity contribution < 1.29 is 9.31 Å². The molecule has 0 bridgehead atoms. The molecule has 0 aromatic rings. The van der Waals surface area contributed by atoms with Crippen molar-refractivity contribution in [2.45, 2.75) is 85.0 Å². The van der Waals surface area contributed by atoms with Gasteiger partial charge >= 0.3 is 7.12 Å². The van der Waals surface area contributed by atoms with E-state index < -0.39 is 0 Å². The zero-order chi connectivity index (χ0) is 16.1. The highest BCUT2D eigenvalue weighted by Crippen LogP contribution is 2.41. The summed E-state index contributed by atoms with van der Waals surface area (Å²) in [6, 6.07) is 0. The first kappa shape index (κ1) is 17.0. The molecule has 2 heterocycles. The number of hydrogen-bond acceptors (Lipinski definition) is 3. The molecule has 0 spiro atoms. The third kappa shape index (κ3) is 3.08. The number of allylic oxidation sites excluding steroid dienone is 1. The zero-order valence-corrected chi connectivity index (χ0v) is 15.1. The van der Waals surface area contributed by atoms with Crippen LogP contribution < -0.4 is 5.32 Å². The number of rotatable bonds is 1. The van der Waals surface area contributed by atoms with Crippen LogP contribution >= 0.6 is 0 Å². The largest absolute Gasteiger partial charge is 0.490 e. The molecule has 21 heavy (non-hydrogen) atoms. The van der Waals surface area contributed by atoms with Crippen LogP contribution in [0.4, 0.5) is 0 Å². The highest BCUT2D eigenvalue weighted by Gasteiger charge is 2.52. The molecule has 2 aliphatic heterocycles. The molecule has 1 atom stereocenters. The molecule has 2 rings (SSSR count). The molecule has 3 nitrogen and oxygen atoms in total. The minimum Gasteiger partial charge on any atom is -0.400 e. The van der Waals surface area contributed by atoms with Crippen molar-refractivity contribution in [3.8, 4) is 0 Å². The summed E-state index contributed by atoms with van der Waals surface area (Å²) in [7, 11) is -0.195. The average molecular weight is 293 g/mol. The van der Waals surface area contributed by atoms with Crippen LogP contribution in [0.15, 0.2) is 11.5 Å². The molecule has 0 aromatic heterocycles. The van der Waals surface area contributed by atoms with E-state index in [0.29, 0.717) is 0 Å². The molecule has 1 unspecified atom stereocenters. The maximum atomic E-state index is 6.19. The average Bonchev–Trinajstić information content (AvgIpc) is 2.47. The summed E-state index contributed by atoms with van der Waals surface area (Å²) in [5, 5.41) is 3.71. The maximum absolute atomic E-state index is 6.19. The maximum Gasteiger partial charge on any atom is 0.490 e. The van der Waals surface area contributed by atoms with E-state index in [1.165, 1.54) is 5.47 Å². The van der Waals surface area contributed by atoms with Gasteiger partial charge in [-0.25, -0.2) is 0 Å². The van der Waals surface area contributed by atoms with Crippen LogP contribution in [0, 0.1) is 5.41 Å². The van der Waals surface area contributed by atoms with Gasteiger partial charge in [0.2, 0.25) is 0 Å². The van der Waals surface area contributed by atoms with Crippen LogP contribution in [0.5, 0.6) is 0 Å². The SMILES string of the molecule is CC(C)(C)C1(C)CCC(B2OC(C)(C)C(C)(C)O2)=CCN1. The molecule has 1 saturated heterocycles. The van der Waals surface area contributed by atoms with Gasteiger partial charge in [-0.15, -0.1) is 0 Å². The van der Waals surface area contributed by atoms with E-state index in [2.05, 4.69) is 66.8 Å². The smallest absolute Gasteiger partial charge is 0.400 e. The van der Waals surface area contributed by atoms with Crippen molar-refractivity contribution >= 4 is 7.12 Å². The second-order valence-electron chi connectivity index (χ2n) is 8.83. The molecule has 1 fully saturated rings. The first-order chi connectivity index (χ1) is 9.38. The molecule has 120 valence electrons. The Morgan fingerprint density at radius 3 is 2.05 bits per heavy atom. The summed E-state index contributed by atoms with van der Waals surface area (Å²) in [6.07, 6.45) is 4.39. The zero-order valence-electron chi connectivity index (χ0n) is 15.1. The summed E-state index contributed by atoms with van der Waals surface area (Å²) in [5.74, 6) is 0. The van der Waals surface area contributed by atoms with E-state index in [0.717, 1.165) is 19.4 Å². The van der Waals surface area contributed by atoms with Gasteiger partial charge in [0.05, 0.1) is 11.2 Å². The van der Waals surface area contributed by atoms with Crippen molar-refractivity contribution in [3.63, 3.8) is 0 Å². The molecule has 0 aliphatic carbocycles. The van der Waals surface area contributed by atoms with E-state index in [1.54, 1.807) is 0 Å². The van der Waals surface area contributed by atoms with Crippen molar-refractivity contribution in [2.24, 2.45) is 5.41 Å². The topological polar surface area (TPSA) is 30.5 Å². The lowest BCUT2D eigenvalue weighted by Gasteiger charge is -2.42. The normalized spacial score (nSPS) is 32.8. The molecular weight excluding hydrogens is 261 g/mol.